The number of esters is 1. The Hall–Kier alpha value is -2.46. The van der Waals surface area contributed by atoms with Crippen molar-refractivity contribution in [3.63, 3.8) is 0 Å². The SMILES string of the molecule is CC(=O)Oc1ccc2c3c1O[C@H]1[C@@H](N(C)S(=O)(=O)Cc4ccccc4)CC[C@H]4[C@@H](C2)N(CC2CC2O)CC[C@@]341. The third-order valence-electron chi connectivity index (χ3n) is 10.1. The maximum Gasteiger partial charge on any atom is 0.308 e. The molecule has 208 valence electrons. The van der Waals surface area contributed by atoms with E-state index in [-0.39, 0.29) is 29.4 Å². The number of likely N-dealkylation sites (tertiary alicyclic amines) is 1. The molecule has 1 saturated heterocycles. The van der Waals surface area contributed by atoms with Gasteiger partial charge in [-0.1, -0.05) is 36.4 Å². The summed E-state index contributed by atoms with van der Waals surface area (Å²) in [5, 5.41) is 10.1. The number of ether oxygens (including phenoxy) is 2. The lowest BCUT2D eigenvalue weighted by Gasteiger charge is -2.60. The maximum absolute atomic E-state index is 13.7. The summed E-state index contributed by atoms with van der Waals surface area (Å²) in [7, 11) is -1.90. The molecule has 7 rings (SSSR count). The van der Waals surface area contributed by atoms with E-state index < -0.39 is 16.0 Å². The average molecular weight is 553 g/mol. The number of sulfonamides is 1. The molecule has 39 heavy (non-hydrogen) atoms. The highest BCUT2D eigenvalue weighted by molar-refractivity contribution is 7.88. The molecule has 5 aliphatic rings. The Balaban J connectivity index is 1.28. The third-order valence-corrected chi connectivity index (χ3v) is 11.9. The zero-order chi connectivity index (χ0) is 27.1. The van der Waals surface area contributed by atoms with Crippen LogP contribution in [0.1, 0.15) is 49.3 Å². The fraction of sp³-hybridized carbons (Fsp3) is 0.567. The standard InChI is InChI=1S/C30H36N2O6S/c1-18(33)37-26-11-8-20-14-24-22-9-10-23(31(2)39(35,36)17-19-6-4-3-5-7-19)29-30(22,27(20)28(26)38-29)12-13-32(24)16-21-15-25(21)34/h3-8,11,21-25,29,34H,9-10,12-17H2,1-2H3/t21?,22-,23-,24+,25?,29-,30-/m0/s1. The van der Waals surface area contributed by atoms with E-state index in [4.69, 9.17) is 9.47 Å². The Kier molecular flexibility index (Phi) is 5.90. The number of likely N-dealkylation sites (N-methyl/N-ethyl adjacent to an activating group) is 1. The van der Waals surface area contributed by atoms with Crippen molar-refractivity contribution in [2.45, 2.75) is 74.5 Å². The summed E-state index contributed by atoms with van der Waals surface area (Å²) in [6.45, 7) is 3.18. The second-order valence-electron chi connectivity index (χ2n) is 12.2. The maximum atomic E-state index is 13.7. The van der Waals surface area contributed by atoms with Gasteiger partial charge in [-0.15, -0.1) is 0 Å². The number of aliphatic hydroxyl groups is 1. The zero-order valence-electron chi connectivity index (χ0n) is 22.5. The Morgan fingerprint density at radius 2 is 1.97 bits per heavy atom. The van der Waals surface area contributed by atoms with E-state index in [9.17, 15) is 18.3 Å². The van der Waals surface area contributed by atoms with E-state index >= 15 is 0 Å². The molecule has 0 radical (unpaired) electrons. The Bertz CT molecular complexity index is 1410. The van der Waals surface area contributed by atoms with Crippen molar-refractivity contribution in [2.24, 2.45) is 11.8 Å². The normalized spacial score (nSPS) is 34.4. The molecule has 3 aliphatic carbocycles. The van der Waals surface area contributed by atoms with E-state index in [1.807, 2.05) is 36.4 Å². The van der Waals surface area contributed by atoms with Gasteiger partial charge in [-0.25, -0.2) is 8.42 Å². The number of rotatable bonds is 7. The van der Waals surface area contributed by atoms with Gasteiger partial charge in [0.2, 0.25) is 10.0 Å². The monoisotopic (exact) mass is 552 g/mol. The van der Waals surface area contributed by atoms with Crippen molar-refractivity contribution in [2.75, 3.05) is 20.1 Å². The molecule has 2 aromatic carbocycles. The molecular formula is C30H36N2O6S. The zero-order valence-corrected chi connectivity index (χ0v) is 23.3. The van der Waals surface area contributed by atoms with Crippen LogP contribution in [0.15, 0.2) is 42.5 Å². The summed E-state index contributed by atoms with van der Waals surface area (Å²) in [5.41, 5.74) is 2.78. The number of carbonyl (C=O) groups excluding carboxylic acids is 1. The van der Waals surface area contributed by atoms with Crippen LogP contribution in [0.3, 0.4) is 0 Å². The summed E-state index contributed by atoms with van der Waals surface area (Å²) in [4.78, 5) is 14.5. The molecular weight excluding hydrogens is 516 g/mol. The molecule has 9 heteroatoms. The van der Waals surface area contributed by atoms with Gasteiger partial charge >= 0.3 is 5.97 Å². The van der Waals surface area contributed by atoms with Gasteiger partial charge in [0.25, 0.3) is 0 Å². The molecule has 2 saturated carbocycles. The molecule has 7 atom stereocenters. The van der Waals surface area contributed by atoms with Crippen LogP contribution in [0.5, 0.6) is 11.5 Å². The Morgan fingerprint density at radius 3 is 2.69 bits per heavy atom. The van der Waals surface area contributed by atoms with Gasteiger partial charge in [-0.05, 0) is 61.8 Å². The summed E-state index contributed by atoms with van der Waals surface area (Å²) in [6, 6.07) is 13.2. The number of benzene rings is 2. The second kappa shape index (κ2) is 9.03. The number of aliphatic hydroxyl groups excluding tert-OH is 1. The molecule has 3 fully saturated rings. The van der Waals surface area contributed by atoms with Gasteiger partial charge in [0, 0.05) is 43.5 Å². The van der Waals surface area contributed by atoms with E-state index in [1.54, 1.807) is 11.4 Å². The largest absolute Gasteiger partial charge is 0.484 e. The highest BCUT2D eigenvalue weighted by Crippen LogP contribution is 2.64. The Labute approximate surface area is 229 Å². The molecule has 2 heterocycles. The summed E-state index contributed by atoms with van der Waals surface area (Å²) in [5.74, 6) is 1.27. The van der Waals surface area contributed by atoms with Crippen molar-refractivity contribution in [1.29, 1.82) is 0 Å². The predicted octanol–water partition coefficient (Wildman–Crippen LogP) is 2.86. The number of hydrogen-bond acceptors (Lipinski definition) is 7. The molecule has 1 N–H and O–H groups in total. The lowest BCUT2D eigenvalue weighted by Crippen LogP contribution is -2.69. The van der Waals surface area contributed by atoms with Crippen LogP contribution >= 0.6 is 0 Å². The van der Waals surface area contributed by atoms with Crippen LogP contribution in [0, 0.1) is 11.8 Å². The molecule has 2 aromatic rings. The molecule has 2 aliphatic heterocycles. The van der Waals surface area contributed by atoms with E-state index in [1.165, 1.54) is 12.5 Å². The molecule has 1 spiro atoms. The quantitative estimate of drug-likeness (QED) is 0.417. The first kappa shape index (κ1) is 25.5. The van der Waals surface area contributed by atoms with E-state index in [0.29, 0.717) is 35.8 Å². The van der Waals surface area contributed by atoms with Crippen LogP contribution < -0.4 is 9.47 Å². The fourth-order valence-electron chi connectivity index (χ4n) is 8.24. The smallest absolute Gasteiger partial charge is 0.308 e. The van der Waals surface area contributed by atoms with Crippen LogP contribution in [0.4, 0.5) is 0 Å². The van der Waals surface area contributed by atoms with Crippen molar-refractivity contribution >= 4 is 16.0 Å². The second-order valence-corrected chi connectivity index (χ2v) is 14.2. The van der Waals surface area contributed by atoms with Gasteiger partial charge in [-0.3, -0.25) is 9.69 Å². The van der Waals surface area contributed by atoms with Crippen molar-refractivity contribution < 1.29 is 27.8 Å². The summed E-state index contributed by atoms with van der Waals surface area (Å²) >= 11 is 0. The van der Waals surface area contributed by atoms with Crippen LogP contribution in [0.2, 0.25) is 0 Å². The third kappa shape index (κ3) is 3.96. The van der Waals surface area contributed by atoms with Crippen molar-refractivity contribution in [3.05, 3.63) is 59.2 Å². The molecule has 8 nitrogen and oxygen atoms in total. The number of hydrogen-bond donors (Lipinski definition) is 1. The van der Waals surface area contributed by atoms with Gasteiger partial charge in [-0.2, -0.15) is 4.31 Å². The van der Waals surface area contributed by atoms with Crippen molar-refractivity contribution in [3.8, 4) is 11.5 Å². The van der Waals surface area contributed by atoms with Gasteiger partial charge in [0.05, 0.1) is 17.9 Å². The molecule has 2 bridgehead atoms. The minimum Gasteiger partial charge on any atom is -0.484 e. The topological polar surface area (TPSA) is 96.4 Å². The number of carbonyl (C=O) groups is 1. The highest BCUT2D eigenvalue weighted by atomic mass is 32.2. The number of nitrogens with zero attached hydrogens (tertiary/aromatic N) is 2. The lowest BCUT2D eigenvalue weighted by atomic mass is 9.51. The molecule has 0 amide bonds. The average Bonchev–Trinajstić information content (AvgIpc) is 3.48. The first-order valence-corrected chi connectivity index (χ1v) is 15.7. The predicted molar refractivity (Wildman–Crippen MR) is 145 cm³/mol. The fourth-order valence-corrected chi connectivity index (χ4v) is 9.69. The number of piperidine rings is 1. The molecule has 0 aromatic heterocycles. The highest BCUT2D eigenvalue weighted by Gasteiger charge is 2.67. The first-order valence-electron chi connectivity index (χ1n) is 14.1. The minimum atomic E-state index is -3.60. The summed E-state index contributed by atoms with van der Waals surface area (Å²) in [6.07, 6.45) is 3.70. The van der Waals surface area contributed by atoms with Gasteiger partial charge in [0.15, 0.2) is 11.5 Å². The van der Waals surface area contributed by atoms with E-state index in [2.05, 4.69) is 11.0 Å². The van der Waals surface area contributed by atoms with Gasteiger partial charge in [0.1, 0.15) is 6.10 Å². The minimum absolute atomic E-state index is 0.0546. The lowest BCUT2D eigenvalue weighted by molar-refractivity contribution is -0.132. The first-order chi connectivity index (χ1) is 18.7. The molecule has 2 unspecified atom stereocenters. The summed E-state index contributed by atoms with van der Waals surface area (Å²) < 4.78 is 41.3. The van der Waals surface area contributed by atoms with E-state index in [0.717, 1.165) is 49.9 Å². The van der Waals surface area contributed by atoms with Crippen LogP contribution in [0.25, 0.3) is 0 Å². The van der Waals surface area contributed by atoms with Crippen molar-refractivity contribution in [1.82, 2.24) is 9.21 Å². The van der Waals surface area contributed by atoms with Gasteiger partial charge < -0.3 is 14.6 Å². The van der Waals surface area contributed by atoms with Crippen LogP contribution in [-0.4, -0.2) is 73.1 Å². The van der Waals surface area contributed by atoms with Crippen LogP contribution in [-0.2, 0) is 32.4 Å². The Morgan fingerprint density at radius 1 is 1.21 bits per heavy atom.